The van der Waals surface area contributed by atoms with Crippen molar-refractivity contribution in [1.82, 2.24) is 4.98 Å². The quantitative estimate of drug-likeness (QED) is 0.560. The molecular weight excluding hydrogens is 313 g/mol. The van der Waals surface area contributed by atoms with Gasteiger partial charge in [0.15, 0.2) is 0 Å². The van der Waals surface area contributed by atoms with Crippen LogP contribution in [0.5, 0.6) is 0 Å². The van der Waals surface area contributed by atoms with Gasteiger partial charge in [-0.25, -0.2) is 9.55 Å². The van der Waals surface area contributed by atoms with E-state index >= 15 is 0 Å². The van der Waals surface area contributed by atoms with Crippen molar-refractivity contribution < 1.29 is 18.5 Å². The third-order valence-electron chi connectivity index (χ3n) is 3.01. The van der Waals surface area contributed by atoms with Crippen molar-refractivity contribution in [2.24, 2.45) is 0 Å². The second-order valence-electron chi connectivity index (χ2n) is 4.68. The lowest BCUT2D eigenvalue weighted by Crippen LogP contribution is -1.93. The van der Waals surface area contributed by atoms with Crippen LogP contribution >= 0.6 is 7.82 Å². The zero-order valence-electron chi connectivity index (χ0n) is 13.2. The van der Waals surface area contributed by atoms with Gasteiger partial charge in [-0.3, -0.25) is 9.05 Å². The molecule has 0 atom stereocenters. The Morgan fingerprint density at radius 1 is 0.913 bits per heavy atom. The Labute approximate surface area is 135 Å². The highest BCUT2D eigenvalue weighted by molar-refractivity contribution is 7.47. The van der Waals surface area contributed by atoms with Crippen molar-refractivity contribution in [3.63, 3.8) is 0 Å². The van der Waals surface area contributed by atoms with Crippen LogP contribution in [0.3, 0.4) is 0 Å². The summed E-state index contributed by atoms with van der Waals surface area (Å²) in [5.41, 5.74) is 2.12. The molecule has 0 fully saturated rings. The van der Waals surface area contributed by atoms with Gasteiger partial charge in [0, 0.05) is 10.8 Å². The molecule has 0 aliphatic rings. The van der Waals surface area contributed by atoms with Crippen LogP contribution in [0.4, 0.5) is 0 Å². The fourth-order valence-corrected chi connectivity index (χ4v) is 2.81. The van der Waals surface area contributed by atoms with Crippen LogP contribution in [-0.4, -0.2) is 23.1 Å². The molecule has 0 aliphatic carbocycles. The number of phosphoric ester groups is 1. The number of pyridine rings is 1. The van der Waals surface area contributed by atoms with E-state index in [-0.39, 0.29) is 13.2 Å². The summed E-state index contributed by atoms with van der Waals surface area (Å²) in [6.45, 7) is 3.63. The number of hydrogen-bond acceptors (Lipinski definition) is 4. The number of hydrogen-bond donors (Lipinski definition) is 1. The zero-order chi connectivity index (χ0) is 16.7. The van der Waals surface area contributed by atoms with Crippen molar-refractivity contribution in [2.75, 3.05) is 13.2 Å². The van der Waals surface area contributed by atoms with E-state index in [1.54, 1.807) is 13.8 Å². The molecule has 0 bridgehead atoms. The normalized spacial score (nSPS) is 11.3. The van der Waals surface area contributed by atoms with E-state index in [4.69, 9.17) is 4.89 Å². The van der Waals surface area contributed by atoms with E-state index in [1.165, 1.54) is 10.8 Å². The first-order chi connectivity index (χ1) is 11.1. The van der Waals surface area contributed by atoms with Crippen LogP contribution in [0.15, 0.2) is 54.6 Å². The first-order valence-electron chi connectivity index (χ1n) is 7.42. The van der Waals surface area contributed by atoms with Crippen molar-refractivity contribution in [3.8, 4) is 0 Å². The Kier molecular flexibility index (Phi) is 6.25. The van der Waals surface area contributed by atoms with Gasteiger partial charge < -0.3 is 4.89 Å². The van der Waals surface area contributed by atoms with Gasteiger partial charge in [-0.1, -0.05) is 36.4 Å². The molecule has 1 heterocycles. The summed E-state index contributed by atoms with van der Waals surface area (Å²) in [7, 11) is -3.69. The highest BCUT2D eigenvalue weighted by Gasteiger charge is 2.17. The molecule has 0 saturated carbocycles. The Bertz CT molecular complexity index is 707. The summed E-state index contributed by atoms with van der Waals surface area (Å²) in [5.74, 6) is 0. The molecule has 5 nitrogen and oxygen atoms in total. The second-order valence-corrected chi connectivity index (χ2v) is 6.13. The largest absolute Gasteiger partial charge is 0.472 e. The third-order valence-corrected chi connectivity index (χ3v) is 4.18. The number of aromatic nitrogens is 1. The number of fused-ring (bicyclic) bond motifs is 2. The predicted molar refractivity (Wildman–Crippen MR) is 92.3 cm³/mol. The van der Waals surface area contributed by atoms with Crippen LogP contribution in [-0.2, 0) is 13.6 Å². The molecule has 0 spiro atoms. The molecule has 122 valence electrons. The molecule has 0 unspecified atom stereocenters. The van der Waals surface area contributed by atoms with E-state index in [2.05, 4.69) is 32.2 Å². The predicted octanol–water partition coefficient (Wildman–Crippen LogP) is 4.55. The molecule has 0 radical (unpaired) electrons. The average Bonchev–Trinajstić information content (AvgIpc) is 2.53. The van der Waals surface area contributed by atoms with Crippen molar-refractivity contribution in [3.05, 3.63) is 54.6 Å². The molecule has 2 aromatic carbocycles. The smallest absolute Gasteiger partial charge is 0.302 e. The van der Waals surface area contributed by atoms with E-state index in [1.807, 2.05) is 36.4 Å². The van der Waals surface area contributed by atoms with E-state index in [9.17, 15) is 4.57 Å². The summed E-state index contributed by atoms with van der Waals surface area (Å²) in [5, 5.41) is 2.40. The number of phosphoric acid groups is 1. The minimum Gasteiger partial charge on any atom is -0.302 e. The van der Waals surface area contributed by atoms with E-state index in [0.717, 1.165) is 11.0 Å². The second kappa shape index (κ2) is 8.18. The van der Waals surface area contributed by atoms with E-state index in [0.29, 0.717) is 0 Å². The van der Waals surface area contributed by atoms with E-state index < -0.39 is 7.82 Å². The minimum absolute atomic E-state index is 0.188. The lowest BCUT2D eigenvalue weighted by molar-refractivity contribution is 0.161. The monoisotopic (exact) mass is 333 g/mol. The molecule has 1 aromatic heterocycles. The number of rotatable bonds is 4. The first-order valence-corrected chi connectivity index (χ1v) is 8.91. The summed E-state index contributed by atoms with van der Waals surface area (Å²) in [6, 6.07) is 18.6. The van der Waals surface area contributed by atoms with Crippen molar-refractivity contribution >= 4 is 29.6 Å². The molecule has 3 rings (SSSR count). The standard InChI is InChI=1S/C13H9N.C4H11O4P/c1-3-7-12-10(5-1)9-11-6-2-4-8-13(11)14-12;1-3-7-9(5,6)8-4-2/h1-9H;3-4H2,1-2H3,(H,5,6). The molecule has 0 aliphatic heterocycles. The van der Waals surface area contributed by atoms with Crippen LogP contribution in [0.1, 0.15) is 13.8 Å². The molecule has 23 heavy (non-hydrogen) atoms. The SMILES string of the molecule is CCOP(=O)(O)OCC.c1ccc2nc3ccccc3cc2c1. The number of benzene rings is 2. The number of nitrogens with zero attached hydrogens (tertiary/aromatic N) is 1. The Hall–Kier alpha value is -1.78. The lowest BCUT2D eigenvalue weighted by atomic mass is 10.1. The van der Waals surface area contributed by atoms with Gasteiger partial charge in [-0.05, 0) is 32.0 Å². The highest BCUT2D eigenvalue weighted by Crippen LogP contribution is 2.42. The highest BCUT2D eigenvalue weighted by atomic mass is 31.2. The van der Waals surface area contributed by atoms with Crippen LogP contribution in [0, 0.1) is 0 Å². The van der Waals surface area contributed by atoms with Gasteiger partial charge in [-0.2, -0.15) is 0 Å². The van der Waals surface area contributed by atoms with Gasteiger partial charge in [0.1, 0.15) is 0 Å². The van der Waals surface area contributed by atoms with Gasteiger partial charge in [-0.15, -0.1) is 0 Å². The van der Waals surface area contributed by atoms with Gasteiger partial charge in [0.2, 0.25) is 0 Å². The maximum absolute atomic E-state index is 10.5. The van der Waals surface area contributed by atoms with Crippen LogP contribution < -0.4 is 0 Å². The topological polar surface area (TPSA) is 68.7 Å². The first kappa shape index (κ1) is 17.6. The number of para-hydroxylation sites is 2. The van der Waals surface area contributed by atoms with Crippen molar-refractivity contribution in [2.45, 2.75) is 13.8 Å². The maximum Gasteiger partial charge on any atom is 0.472 e. The molecule has 0 amide bonds. The molecular formula is C17H20NO4P. The minimum atomic E-state index is -3.69. The molecule has 1 N–H and O–H groups in total. The molecule has 3 aromatic rings. The summed E-state index contributed by atoms with van der Waals surface area (Å²) in [6.07, 6.45) is 0. The van der Waals surface area contributed by atoms with Gasteiger partial charge >= 0.3 is 7.82 Å². The zero-order valence-corrected chi connectivity index (χ0v) is 14.1. The fourth-order valence-electron chi connectivity index (χ4n) is 2.08. The maximum atomic E-state index is 10.5. The molecule has 6 heteroatoms. The van der Waals surface area contributed by atoms with Crippen LogP contribution in [0.2, 0.25) is 0 Å². The lowest BCUT2D eigenvalue weighted by Gasteiger charge is -2.07. The van der Waals surface area contributed by atoms with Crippen molar-refractivity contribution in [1.29, 1.82) is 0 Å². The summed E-state index contributed by atoms with van der Waals surface area (Å²) in [4.78, 5) is 13.2. The van der Waals surface area contributed by atoms with Gasteiger partial charge in [0.05, 0.1) is 24.2 Å². The Morgan fingerprint density at radius 3 is 1.78 bits per heavy atom. The summed E-state index contributed by atoms with van der Waals surface area (Å²) >= 11 is 0. The van der Waals surface area contributed by atoms with Gasteiger partial charge in [0.25, 0.3) is 0 Å². The Morgan fingerprint density at radius 2 is 1.35 bits per heavy atom. The fraction of sp³-hybridized carbons (Fsp3) is 0.235. The third kappa shape index (κ3) is 5.12. The summed E-state index contributed by atoms with van der Waals surface area (Å²) < 4.78 is 19.2. The molecule has 0 saturated heterocycles. The Balaban J connectivity index is 0.000000188. The average molecular weight is 333 g/mol. The van der Waals surface area contributed by atoms with Crippen LogP contribution in [0.25, 0.3) is 21.8 Å².